The van der Waals surface area contributed by atoms with E-state index in [1.54, 1.807) is 60.7 Å². The summed E-state index contributed by atoms with van der Waals surface area (Å²) in [5.41, 5.74) is 1.27. The van der Waals surface area contributed by atoms with Crippen molar-refractivity contribution in [1.82, 2.24) is 4.90 Å². The number of hydrogen-bond acceptors (Lipinski definition) is 5. The lowest BCUT2D eigenvalue weighted by Gasteiger charge is -2.12. The van der Waals surface area contributed by atoms with Crippen LogP contribution >= 0.6 is 23.4 Å². The molecule has 1 fully saturated rings. The number of thioether (sulfide) groups is 1. The standard InChI is InChI=1S/C21H17ClN2O4S/c1-2-11-28-17-9-3-14(4-10-17)12-18-20(26)24(21(27)29-18)13-19(25)23-16-7-5-15(22)6-8-16/h2-10,12H,1,11,13H2,(H,23,25)/b18-12+. The largest absolute Gasteiger partial charge is 0.490 e. The molecule has 3 amide bonds. The summed E-state index contributed by atoms with van der Waals surface area (Å²) in [6.07, 6.45) is 3.26. The molecule has 1 saturated heterocycles. The van der Waals surface area contributed by atoms with Gasteiger partial charge in [-0.2, -0.15) is 0 Å². The van der Waals surface area contributed by atoms with Crippen molar-refractivity contribution in [3.8, 4) is 5.75 Å². The van der Waals surface area contributed by atoms with Gasteiger partial charge in [0.1, 0.15) is 18.9 Å². The number of carbonyl (C=O) groups is 3. The number of rotatable bonds is 7. The topological polar surface area (TPSA) is 75.7 Å². The number of halogens is 1. The summed E-state index contributed by atoms with van der Waals surface area (Å²) in [5, 5.41) is 2.68. The second kappa shape index (κ2) is 9.45. The zero-order valence-corrected chi connectivity index (χ0v) is 16.8. The predicted molar refractivity (Wildman–Crippen MR) is 115 cm³/mol. The van der Waals surface area contributed by atoms with Crippen LogP contribution in [0.2, 0.25) is 5.02 Å². The highest BCUT2D eigenvalue weighted by Gasteiger charge is 2.36. The summed E-state index contributed by atoms with van der Waals surface area (Å²) in [7, 11) is 0. The lowest BCUT2D eigenvalue weighted by atomic mass is 10.2. The zero-order valence-electron chi connectivity index (χ0n) is 15.3. The van der Waals surface area contributed by atoms with Gasteiger partial charge in [0.15, 0.2) is 0 Å². The molecule has 2 aromatic carbocycles. The van der Waals surface area contributed by atoms with Crippen molar-refractivity contribution in [3.63, 3.8) is 0 Å². The fourth-order valence-electron chi connectivity index (χ4n) is 2.48. The molecule has 0 radical (unpaired) electrons. The van der Waals surface area contributed by atoms with Gasteiger partial charge in [-0.3, -0.25) is 19.3 Å². The average Bonchev–Trinajstić information content (AvgIpc) is 2.96. The minimum absolute atomic E-state index is 0.258. The molecule has 6 nitrogen and oxygen atoms in total. The van der Waals surface area contributed by atoms with Crippen LogP contribution in [-0.4, -0.2) is 35.1 Å². The van der Waals surface area contributed by atoms with Crippen LogP contribution in [0, 0.1) is 0 Å². The molecule has 29 heavy (non-hydrogen) atoms. The van der Waals surface area contributed by atoms with Gasteiger partial charge in [0.25, 0.3) is 11.1 Å². The summed E-state index contributed by atoms with van der Waals surface area (Å²) in [6, 6.07) is 13.6. The quantitative estimate of drug-likeness (QED) is 0.516. The monoisotopic (exact) mass is 428 g/mol. The fraction of sp³-hybridized carbons (Fsp3) is 0.0952. The lowest BCUT2D eigenvalue weighted by Crippen LogP contribution is -2.36. The van der Waals surface area contributed by atoms with Gasteiger partial charge in [-0.25, -0.2) is 0 Å². The van der Waals surface area contributed by atoms with Crippen LogP contribution in [0.25, 0.3) is 6.08 Å². The van der Waals surface area contributed by atoms with Crippen LogP contribution in [0.3, 0.4) is 0 Å². The molecule has 0 atom stereocenters. The van der Waals surface area contributed by atoms with E-state index in [1.165, 1.54) is 0 Å². The third kappa shape index (κ3) is 5.49. The van der Waals surface area contributed by atoms with Gasteiger partial charge in [-0.1, -0.05) is 36.4 Å². The van der Waals surface area contributed by atoms with E-state index < -0.39 is 17.1 Å². The van der Waals surface area contributed by atoms with Crippen LogP contribution in [-0.2, 0) is 9.59 Å². The van der Waals surface area contributed by atoms with Crippen LogP contribution in [0.15, 0.2) is 66.1 Å². The van der Waals surface area contributed by atoms with Gasteiger partial charge in [-0.15, -0.1) is 0 Å². The maximum atomic E-state index is 12.5. The van der Waals surface area contributed by atoms with Crippen LogP contribution in [0.5, 0.6) is 5.75 Å². The molecule has 0 saturated carbocycles. The molecule has 0 aromatic heterocycles. The Morgan fingerprint density at radius 2 is 1.83 bits per heavy atom. The molecule has 8 heteroatoms. The smallest absolute Gasteiger partial charge is 0.294 e. The third-order valence-corrected chi connectivity index (χ3v) is 5.01. The van der Waals surface area contributed by atoms with E-state index >= 15 is 0 Å². The molecule has 1 heterocycles. The number of amides is 3. The Morgan fingerprint density at radius 3 is 2.48 bits per heavy atom. The van der Waals surface area contributed by atoms with Crippen molar-refractivity contribution in [1.29, 1.82) is 0 Å². The Bertz CT molecular complexity index is 971. The lowest BCUT2D eigenvalue weighted by molar-refractivity contribution is -0.127. The Morgan fingerprint density at radius 1 is 1.14 bits per heavy atom. The summed E-state index contributed by atoms with van der Waals surface area (Å²) < 4.78 is 5.41. The number of nitrogens with one attached hydrogen (secondary N) is 1. The number of benzene rings is 2. The molecule has 2 aromatic rings. The molecular formula is C21H17ClN2O4S. The van der Waals surface area contributed by atoms with E-state index in [0.29, 0.717) is 23.1 Å². The van der Waals surface area contributed by atoms with E-state index in [0.717, 1.165) is 22.2 Å². The fourth-order valence-corrected chi connectivity index (χ4v) is 3.44. The highest BCUT2D eigenvalue weighted by molar-refractivity contribution is 8.18. The van der Waals surface area contributed by atoms with Crippen LogP contribution in [0.1, 0.15) is 5.56 Å². The molecule has 1 N–H and O–H groups in total. The number of carbonyl (C=O) groups excluding carboxylic acids is 3. The summed E-state index contributed by atoms with van der Waals surface area (Å²) in [6.45, 7) is 3.62. The maximum Gasteiger partial charge on any atom is 0.294 e. The number of hydrogen-bond donors (Lipinski definition) is 1. The molecular weight excluding hydrogens is 412 g/mol. The highest BCUT2D eigenvalue weighted by Crippen LogP contribution is 2.32. The predicted octanol–water partition coefficient (Wildman–Crippen LogP) is 4.58. The zero-order chi connectivity index (χ0) is 20.8. The first-order valence-corrected chi connectivity index (χ1v) is 9.80. The Hall–Kier alpha value is -3.03. The average molecular weight is 429 g/mol. The Balaban J connectivity index is 1.64. The minimum atomic E-state index is -0.502. The molecule has 148 valence electrons. The number of anilines is 1. The summed E-state index contributed by atoms with van der Waals surface area (Å²) in [4.78, 5) is 38.1. The third-order valence-electron chi connectivity index (χ3n) is 3.85. The second-order valence-corrected chi connectivity index (χ2v) is 7.42. The van der Waals surface area contributed by atoms with Gasteiger partial charge in [0.2, 0.25) is 5.91 Å². The van der Waals surface area contributed by atoms with Gasteiger partial charge < -0.3 is 10.1 Å². The first-order chi connectivity index (χ1) is 14.0. The number of ether oxygens (including phenoxy) is 1. The highest BCUT2D eigenvalue weighted by atomic mass is 35.5. The van der Waals surface area contributed by atoms with E-state index in [2.05, 4.69) is 11.9 Å². The van der Waals surface area contributed by atoms with Gasteiger partial charge in [-0.05, 0) is 59.8 Å². The molecule has 0 bridgehead atoms. The molecule has 1 aliphatic rings. The van der Waals surface area contributed by atoms with E-state index in [1.807, 2.05) is 0 Å². The second-order valence-electron chi connectivity index (χ2n) is 5.99. The van der Waals surface area contributed by atoms with Crippen molar-refractivity contribution in [2.24, 2.45) is 0 Å². The van der Waals surface area contributed by atoms with Gasteiger partial charge in [0.05, 0.1) is 4.91 Å². The van der Waals surface area contributed by atoms with Gasteiger partial charge >= 0.3 is 0 Å². The van der Waals surface area contributed by atoms with Crippen LogP contribution < -0.4 is 10.1 Å². The van der Waals surface area contributed by atoms with Crippen molar-refractivity contribution in [3.05, 3.63) is 76.7 Å². The Labute approximate surface area is 177 Å². The first-order valence-electron chi connectivity index (χ1n) is 8.61. The van der Waals surface area contributed by atoms with E-state index in [-0.39, 0.29) is 11.4 Å². The number of nitrogens with zero attached hydrogens (tertiary/aromatic N) is 1. The normalized spacial score (nSPS) is 14.9. The van der Waals surface area contributed by atoms with Crippen molar-refractivity contribution < 1.29 is 19.1 Å². The summed E-state index contributed by atoms with van der Waals surface area (Å²) >= 11 is 6.61. The van der Waals surface area contributed by atoms with Crippen LogP contribution in [0.4, 0.5) is 10.5 Å². The van der Waals surface area contributed by atoms with Crippen molar-refractivity contribution in [2.45, 2.75) is 0 Å². The molecule has 3 rings (SSSR count). The number of imide groups is 1. The molecule has 0 unspecified atom stereocenters. The SMILES string of the molecule is C=CCOc1ccc(/C=C2/SC(=O)N(CC(=O)Nc3ccc(Cl)cc3)C2=O)cc1. The minimum Gasteiger partial charge on any atom is -0.490 e. The molecule has 0 spiro atoms. The Kier molecular flexibility index (Phi) is 6.74. The summed E-state index contributed by atoms with van der Waals surface area (Å²) in [5.74, 6) is -0.299. The molecule has 0 aliphatic carbocycles. The first kappa shape index (κ1) is 20.7. The van der Waals surface area contributed by atoms with Crippen molar-refractivity contribution >= 4 is 52.2 Å². The van der Waals surface area contributed by atoms with E-state index in [4.69, 9.17) is 16.3 Å². The van der Waals surface area contributed by atoms with Crippen molar-refractivity contribution in [2.75, 3.05) is 18.5 Å². The van der Waals surface area contributed by atoms with E-state index in [9.17, 15) is 14.4 Å². The maximum absolute atomic E-state index is 12.5. The molecule has 1 aliphatic heterocycles. The van der Waals surface area contributed by atoms with Gasteiger partial charge in [0, 0.05) is 10.7 Å².